The number of amides is 1. The van der Waals surface area contributed by atoms with E-state index in [9.17, 15) is 13.2 Å². The minimum atomic E-state index is -4.05. The summed E-state index contributed by atoms with van der Waals surface area (Å²) >= 11 is 0. The number of para-hydroxylation sites is 1. The van der Waals surface area contributed by atoms with Crippen LogP contribution in [0.15, 0.2) is 83.8 Å². The van der Waals surface area contributed by atoms with Crippen molar-refractivity contribution >= 4 is 21.8 Å². The van der Waals surface area contributed by atoms with Gasteiger partial charge in [0.05, 0.1) is 0 Å². The highest BCUT2D eigenvalue weighted by molar-refractivity contribution is 7.89. The SMILES string of the molecule is N=C(N)c1cccc(OC(C(=O)NOc2ccccc2S(N)(=O)=O)c2ccccc2)c1. The lowest BCUT2D eigenvalue weighted by Crippen LogP contribution is -2.35. The molecule has 3 aromatic rings. The Morgan fingerprint density at radius 2 is 1.65 bits per heavy atom. The van der Waals surface area contributed by atoms with E-state index in [1.165, 1.54) is 30.3 Å². The standard InChI is InChI=1S/C21H20N4O5S/c22-20(23)15-9-6-10-16(13-15)29-19(14-7-2-1-3-8-14)21(26)25-30-17-11-4-5-12-18(17)31(24,27)28/h1-13,19H,(H3,22,23)(H,25,26)(H2,24,27,28). The van der Waals surface area contributed by atoms with Gasteiger partial charge >= 0.3 is 0 Å². The maximum Gasteiger partial charge on any atom is 0.298 e. The number of carbonyl (C=O) groups is 1. The first kappa shape index (κ1) is 21.8. The number of rotatable bonds is 8. The van der Waals surface area contributed by atoms with E-state index in [4.69, 9.17) is 25.9 Å². The Morgan fingerprint density at radius 3 is 2.32 bits per heavy atom. The third-order valence-corrected chi connectivity index (χ3v) is 5.11. The topological polar surface area (TPSA) is 158 Å². The van der Waals surface area contributed by atoms with Crippen LogP contribution in [0.3, 0.4) is 0 Å². The van der Waals surface area contributed by atoms with Crippen LogP contribution < -0.4 is 25.9 Å². The fourth-order valence-corrected chi connectivity index (χ4v) is 3.36. The maximum atomic E-state index is 12.9. The van der Waals surface area contributed by atoms with E-state index in [0.29, 0.717) is 16.9 Å². The van der Waals surface area contributed by atoms with Gasteiger partial charge in [-0.3, -0.25) is 10.2 Å². The maximum absolute atomic E-state index is 12.9. The molecule has 160 valence electrons. The summed E-state index contributed by atoms with van der Waals surface area (Å²) in [4.78, 5) is 17.9. The molecule has 0 aromatic heterocycles. The summed E-state index contributed by atoms with van der Waals surface area (Å²) in [5, 5.41) is 12.7. The molecule has 0 radical (unpaired) electrons. The molecule has 10 heteroatoms. The number of hydrogen-bond acceptors (Lipinski definition) is 6. The summed E-state index contributed by atoms with van der Waals surface area (Å²) in [6, 6.07) is 20.7. The van der Waals surface area contributed by atoms with Crippen LogP contribution in [0.2, 0.25) is 0 Å². The number of hydrogen-bond donors (Lipinski definition) is 4. The minimum absolute atomic E-state index is 0.135. The molecule has 6 N–H and O–H groups in total. The number of nitrogens with one attached hydrogen (secondary N) is 2. The van der Waals surface area contributed by atoms with Gasteiger partial charge < -0.3 is 15.3 Å². The number of benzene rings is 3. The van der Waals surface area contributed by atoms with Gasteiger partial charge in [-0.15, -0.1) is 0 Å². The van der Waals surface area contributed by atoms with Crippen LogP contribution in [0.25, 0.3) is 0 Å². The van der Waals surface area contributed by atoms with Crippen LogP contribution in [-0.4, -0.2) is 20.2 Å². The normalized spacial score (nSPS) is 11.9. The van der Waals surface area contributed by atoms with E-state index in [0.717, 1.165) is 0 Å². The molecule has 0 saturated heterocycles. The van der Waals surface area contributed by atoms with Crippen molar-refractivity contribution in [3.63, 3.8) is 0 Å². The Labute approximate surface area is 179 Å². The van der Waals surface area contributed by atoms with Gasteiger partial charge in [0, 0.05) is 11.1 Å². The molecule has 0 spiro atoms. The van der Waals surface area contributed by atoms with Crippen LogP contribution in [0, 0.1) is 5.41 Å². The highest BCUT2D eigenvalue weighted by atomic mass is 32.2. The second-order valence-corrected chi connectivity index (χ2v) is 7.94. The van der Waals surface area contributed by atoms with Crippen molar-refractivity contribution in [3.05, 3.63) is 90.0 Å². The molecule has 0 saturated carbocycles. The summed E-state index contributed by atoms with van der Waals surface area (Å²) in [6.45, 7) is 0. The summed E-state index contributed by atoms with van der Waals surface area (Å²) in [5.41, 5.74) is 8.69. The average molecular weight is 440 g/mol. The van der Waals surface area contributed by atoms with Crippen molar-refractivity contribution in [2.45, 2.75) is 11.0 Å². The molecule has 9 nitrogen and oxygen atoms in total. The zero-order valence-electron chi connectivity index (χ0n) is 16.2. The highest BCUT2D eigenvalue weighted by Crippen LogP contribution is 2.25. The Balaban J connectivity index is 1.85. The lowest BCUT2D eigenvalue weighted by molar-refractivity contribution is -0.135. The number of carbonyl (C=O) groups excluding carboxylic acids is 1. The van der Waals surface area contributed by atoms with Crippen LogP contribution >= 0.6 is 0 Å². The van der Waals surface area contributed by atoms with Gasteiger partial charge in [0.25, 0.3) is 5.91 Å². The second kappa shape index (κ2) is 9.28. The molecule has 31 heavy (non-hydrogen) atoms. The summed E-state index contributed by atoms with van der Waals surface area (Å²) in [5.74, 6) is -0.664. The number of ether oxygens (including phenoxy) is 1. The Kier molecular flexibility index (Phi) is 6.53. The van der Waals surface area contributed by atoms with Crippen LogP contribution in [0.5, 0.6) is 11.5 Å². The van der Waals surface area contributed by atoms with E-state index >= 15 is 0 Å². The third-order valence-electron chi connectivity index (χ3n) is 4.16. The molecule has 3 rings (SSSR count). The van der Waals surface area contributed by atoms with Gasteiger partial charge in [0.15, 0.2) is 5.75 Å². The molecule has 0 aliphatic rings. The first-order valence-corrected chi connectivity index (χ1v) is 10.5. The van der Waals surface area contributed by atoms with Crippen LogP contribution in [0.1, 0.15) is 17.2 Å². The predicted octanol–water partition coefficient (Wildman–Crippen LogP) is 1.85. The lowest BCUT2D eigenvalue weighted by atomic mass is 10.1. The predicted molar refractivity (Wildman–Crippen MR) is 114 cm³/mol. The van der Waals surface area contributed by atoms with Crippen molar-refractivity contribution in [1.29, 1.82) is 5.41 Å². The molecule has 3 aromatic carbocycles. The molecule has 0 aliphatic carbocycles. The van der Waals surface area contributed by atoms with E-state index in [1.54, 1.807) is 48.5 Å². The largest absolute Gasteiger partial charge is 0.476 e. The first-order chi connectivity index (χ1) is 14.8. The van der Waals surface area contributed by atoms with E-state index in [1.807, 2.05) is 0 Å². The summed E-state index contributed by atoms with van der Waals surface area (Å²) in [6.07, 6.45) is -1.13. The molecule has 1 unspecified atom stereocenters. The number of amidine groups is 1. The smallest absolute Gasteiger partial charge is 0.298 e. The van der Waals surface area contributed by atoms with Crippen molar-refractivity contribution in [2.24, 2.45) is 10.9 Å². The van der Waals surface area contributed by atoms with Crippen molar-refractivity contribution < 1.29 is 22.8 Å². The number of nitrogen functional groups attached to an aromatic ring is 1. The lowest BCUT2D eigenvalue weighted by Gasteiger charge is -2.20. The van der Waals surface area contributed by atoms with Gasteiger partial charge in [-0.1, -0.05) is 54.6 Å². The number of hydroxylamine groups is 1. The minimum Gasteiger partial charge on any atom is -0.476 e. The van der Waals surface area contributed by atoms with Crippen LogP contribution in [-0.2, 0) is 14.8 Å². The van der Waals surface area contributed by atoms with Crippen molar-refractivity contribution in [3.8, 4) is 11.5 Å². The van der Waals surface area contributed by atoms with Crippen molar-refractivity contribution in [1.82, 2.24) is 5.48 Å². The van der Waals surface area contributed by atoms with Crippen molar-refractivity contribution in [2.75, 3.05) is 0 Å². The second-order valence-electron chi connectivity index (χ2n) is 6.41. The van der Waals surface area contributed by atoms with E-state index in [2.05, 4.69) is 5.48 Å². The van der Waals surface area contributed by atoms with Gasteiger partial charge in [-0.25, -0.2) is 13.6 Å². The molecule has 0 aliphatic heterocycles. The average Bonchev–Trinajstić information content (AvgIpc) is 2.76. The Bertz CT molecular complexity index is 1200. The molecule has 0 bridgehead atoms. The zero-order valence-corrected chi connectivity index (χ0v) is 17.0. The molecule has 1 amide bonds. The van der Waals surface area contributed by atoms with Crippen LogP contribution in [0.4, 0.5) is 0 Å². The summed E-state index contributed by atoms with van der Waals surface area (Å²) < 4.78 is 29.3. The highest BCUT2D eigenvalue weighted by Gasteiger charge is 2.24. The van der Waals surface area contributed by atoms with Gasteiger partial charge in [0.2, 0.25) is 16.1 Å². The summed E-state index contributed by atoms with van der Waals surface area (Å²) in [7, 11) is -4.05. The molecular weight excluding hydrogens is 420 g/mol. The molecular formula is C21H20N4O5S. The monoisotopic (exact) mass is 440 g/mol. The molecule has 0 fully saturated rings. The van der Waals surface area contributed by atoms with Gasteiger partial charge in [-0.2, -0.15) is 5.48 Å². The van der Waals surface area contributed by atoms with Gasteiger partial charge in [-0.05, 0) is 24.3 Å². The number of nitrogens with two attached hydrogens (primary N) is 2. The quantitative estimate of drug-likeness (QED) is 0.238. The molecule has 1 atom stereocenters. The number of primary sulfonamides is 1. The Hall–Kier alpha value is -3.89. The fourth-order valence-electron chi connectivity index (χ4n) is 2.70. The number of sulfonamides is 1. The first-order valence-electron chi connectivity index (χ1n) is 9.00. The molecule has 0 heterocycles. The van der Waals surface area contributed by atoms with E-state index in [-0.39, 0.29) is 16.5 Å². The van der Waals surface area contributed by atoms with E-state index < -0.39 is 22.0 Å². The third kappa shape index (κ3) is 5.59. The Morgan fingerprint density at radius 1 is 0.968 bits per heavy atom. The zero-order chi connectivity index (χ0) is 22.4. The fraction of sp³-hybridized carbons (Fsp3) is 0.0476. The van der Waals surface area contributed by atoms with Gasteiger partial charge in [0.1, 0.15) is 16.5 Å².